The van der Waals surface area contributed by atoms with Crippen LogP contribution in [0.5, 0.6) is 0 Å². The molecule has 1 atom stereocenters. The van der Waals surface area contributed by atoms with Gasteiger partial charge in [-0.2, -0.15) is 0 Å². The minimum absolute atomic E-state index is 0.178. The lowest BCUT2D eigenvalue weighted by Crippen LogP contribution is -2.32. The zero-order valence-electron chi connectivity index (χ0n) is 11.1. The normalized spacial score (nSPS) is 12.6. The third-order valence-corrected chi connectivity index (χ3v) is 3.09. The molecule has 0 amide bonds. The van der Waals surface area contributed by atoms with Gasteiger partial charge in [0.25, 0.3) is 0 Å². The number of carboxylic acids is 1. The molecule has 0 spiro atoms. The first kappa shape index (κ1) is 14.8. The number of nitrogens with zero attached hydrogens (tertiary/aromatic N) is 2. The third-order valence-electron chi connectivity index (χ3n) is 2.88. The van der Waals surface area contributed by atoms with Crippen LogP contribution >= 0.6 is 11.6 Å². The molecule has 4 nitrogen and oxygen atoms in total. The van der Waals surface area contributed by atoms with E-state index in [4.69, 9.17) is 16.7 Å². The second-order valence-corrected chi connectivity index (χ2v) is 5.29. The Hall–Kier alpha value is -1.29. The van der Waals surface area contributed by atoms with Crippen LogP contribution in [0.15, 0.2) is 12.1 Å². The molecule has 0 aliphatic rings. The second kappa shape index (κ2) is 6.05. The van der Waals surface area contributed by atoms with Crippen LogP contribution in [0.1, 0.15) is 37.6 Å². The van der Waals surface area contributed by atoms with Crippen molar-refractivity contribution in [1.29, 1.82) is 0 Å². The molecule has 18 heavy (non-hydrogen) atoms. The van der Waals surface area contributed by atoms with Crippen LogP contribution in [0.2, 0.25) is 5.15 Å². The molecule has 0 aliphatic carbocycles. The van der Waals surface area contributed by atoms with E-state index in [1.165, 1.54) is 12.1 Å². The Morgan fingerprint density at radius 1 is 1.44 bits per heavy atom. The molecule has 0 aliphatic heterocycles. The van der Waals surface area contributed by atoms with Crippen molar-refractivity contribution in [2.24, 2.45) is 5.92 Å². The van der Waals surface area contributed by atoms with Gasteiger partial charge < -0.3 is 10.0 Å². The van der Waals surface area contributed by atoms with Gasteiger partial charge in [0.2, 0.25) is 0 Å². The van der Waals surface area contributed by atoms with Crippen LogP contribution in [-0.2, 0) is 0 Å². The van der Waals surface area contributed by atoms with E-state index in [-0.39, 0.29) is 11.6 Å². The van der Waals surface area contributed by atoms with Gasteiger partial charge in [-0.25, -0.2) is 9.78 Å². The topological polar surface area (TPSA) is 53.4 Å². The average Bonchev–Trinajstić information content (AvgIpc) is 2.26. The maximum atomic E-state index is 11.2. The maximum absolute atomic E-state index is 11.2. The predicted molar refractivity (Wildman–Crippen MR) is 73.5 cm³/mol. The summed E-state index contributed by atoms with van der Waals surface area (Å²) in [7, 11) is 1.85. The lowest BCUT2D eigenvalue weighted by Gasteiger charge is -2.28. The lowest BCUT2D eigenvalue weighted by atomic mass is 10.0. The van der Waals surface area contributed by atoms with Crippen LogP contribution in [0, 0.1) is 5.92 Å². The summed E-state index contributed by atoms with van der Waals surface area (Å²) in [6.45, 7) is 6.32. The van der Waals surface area contributed by atoms with E-state index in [0.717, 1.165) is 6.42 Å². The summed E-state index contributed by atoms with van der Waals surface area (Å²) in [5, 5.41) is 9.46. The van der Waals surface area contributed by atoms with Gasteiger partial charge in [-0.1, -0.05) is 25.4 Å². The number of halogens is 1. The van der Waals surface area contributed by atoms with Gasteiger partial charge in [0.15, 0.2) is 0 Å². The molecular weight excluding hydrogens is 252 g/mol. The zero-order valence-corrected chi connectivity index (χ0v) is 11.9. The summed E-state index contributed by atoms with van der Waals surface area (Å²) in [4.78, 5) is 17.2. The number of anilines is 1. The van der Waals surface area contributed by atoms with Gasteiger partial charge in [0, 0.05) is 13.1 Å². The highest BCUT2D eigenvalue weighted by Crippen LogP contribution is 2.23. The number of rotatable bonds is 5. The fraction of sp³-hybridized carbons (Fsp3) is 0.538. The van der Waals surface area contributed by atoms with E-state index < -0.39 is 5.97 Å². The van der Waals surface area contributed by atoms with Gasteiger partial charge in [-0.05, 0) is 31.4 Å². The van der Waals surface area contributed by atoms with Crippen LogP contribution in [0.3, 0.4) is 0 Å². The molecule has 1 aromatic rings. The fourth-order valence-corrected chi connectivity index (χ4v) is 2.05. The predicted octanol–water partition coefficient (Wildman–Crippen LogP) is 3.30. The van der Waals surface area contributed by atoms with Gasteiger partial charge in [0.05, 0.1) is 0 Å². The Bertz CT molecular complexity index is 435. The highest BCUT2D eigenvalue weighted by Gasteiger charge is 2.20. The third kappa shape index (κ3) is 3.60. The number of aromatic carboxylic acids is 1. The van der Waals surface area contributed by atoms with Crippen molar-refractivity contribution in [3.63, 3.8) is 0 Å². The molecule has 0 radical (unpaired) electrons. The van der Waals surface area contributed by atoms with E-state index >= 15 is 0 Å². The minimum atomic E-state index is -0.988. The van der Waals surface area contributed by atoms with E-state index in [1.807, 2.05) is 18.9 Å². The molecule has 1 heterocycles. The minimum Gasteiger partial charge on any atom is -0.478 e. The molecule has 0 saturated heterocycles. The average molecular weight is 271 g/mol. The molecule has 1 unspecified atom stereocenters. The maximum Gasteiger partial charge on any atom is 0.339 e. The molecular formula is C13H19ClN2O2. The van der Waals surface area contributed by atoms with Crippen LogP contribution in [0.4, 0.5) is 5.82 Å². The van der Waals surface area contributed by atoms with E-state index in [0.29, 0.717) is 16.9 Å². The summed E-state index contributed by atoms with van der Waals surface area (Å²) in [5.41, 5.74) is 0.178. The smallest absolute Gasteiger partial charge is 0.339 e. The highest BCUT2D eigenvalue weighted by molar-refractivity contribution is 6.29. The molecule has 5 heteroatoms. The van der Waals surface area contributed by atoms with Gasteiger partial charge in [0.1, 0.15) is 16.5 Å². The summed E-state index contributed by atoms with van der Waals surface area (Å²) in [6, 6.07) is 3.19. The van der Waals surface area contributed by atoms with E-state index in [9.17, 15) is 4.79 Å². The second-order valence-electron chi connectivity index (χ2n) is 4.90. The first-order valence-corrected chi connectivity index (χ1v) is 6.33. The number of aromatic nitrogens is 1. The number of hydrogen-bond acceptors (Lipinski definition) is 3. The number of pyridine rings is 1. The Morgan fingerprint density at radius 2 is 2.06 bits per heavy atom. The fourth-order valence-electron chi connectivity index (χ4n) is 1.91. The molecule has 1 N–H and O–H groups in total. The quantitative estimate of drug-likeness (QED) is 0.834. The van der Waals surface area contributed by atoms with Crippen molar-refractivity contribution >= 4 is 23.4 Å². The van der Waals surface area contributed by atoms with Gasteiger partial charge in [-0.3, -0.25) is 0 Å². The van der Waals surface area contributed by atoms with Crippen molar-refractivity contribution in [3.05, 3.63) is 22.8 Å². The standard InChI is InChI=1S/C13H19ClN2O2/c1-8(2)7-9(3)16(4)12-10(13(17)18)5-6-11(14)15-12/h5-6,8-9H,7H2,1-4H3,(H,17,18). The molecule has 0 fully saturated rings. The Labute approximate surface area is 113 Å². The molecule has 1 aromatic heterocycles. The first-order valence-electron chi connectivity index (χ1n) is 5.95. The molecule has 1 rings (SSSR count). The summed E-state index contributed by atoms with van der Waals surface area (Å²) in [5.74, 6) is -0.0316. The molecule has 0 aromatic carbocycles. The Balaban J connectivity index is 3.06. The lowest BCUT2D eigenvalue weighted by molar-refractivity contribution is 0.0697. The largest absolute Gasteiger partial charge is 0.478 e. The van der Waals surface area contributed by atoms with Crippen molar-refractivity contribution in [2.45, 2.75) is 33.2 Å². The van der Waals surface area contributed by atoms with E-state index in [2.05, 4.69) is 18.8 Å². The van der Waals surface area contributed by atoms with Crippen LogP contribution in [0.25, 0.3) is 0 Å². The number of hydrogen-bond donors (Lipinski definition) is 1. The van der Waals surface area contributed by atoms with E-state index in [1.54, 1.807) is 0 Å². The van der Waals surface area contributed by atoms with Crippen molar-refractivity contribution < 1.29 is 9.90 Å². The van der Waals surface area contributed by atoms with Crippen molar-refractivity contribution in [3.8, 4) is 0 Å². The Morgan fingerprint density at radius 3 is 2.56 bits per heavy atom. The van der Waals surface area contributed by atoms with Crippen molar-refractivity contribution in [2.75, 3.05) is 11.9 Å². The first-order chi connectivity index (χ1) is 8.32. The summed E-state index contributed by atoms with van der Waals surface area (Å²) >= 11 is 5.85. The van der Waals surface area contributed by atoms with Crippen molar-refractivity contribution in [1.82, 2.24) is 4.98 Å². The number of carbonyl (C=O) groups is 1. The number of carboxylic acid groups (broad SMARTS) is 1. The SMILES string of the molecule is CC(C)CC(C)N(C)c1nc(Cl)ccc1C(=O)O. The summed E-state index contributed by atoms with van der Waals surface area (Å²) < 4.78 is 0. The van der Waals surface area contributed by atoms with Crippen LogP contribution in [-0.4, -0.2) is 29.1 Å². The molecule has 0 bridgehead atoms. The van der Waals surface area contributed by atoms with Gasteiger partial charge in [-0.15, -0.1) is 0 Å². The Kier molecular flexibility index (Phi) is 4.96. The monoisotopic (exact) mass is 270 g/mol. The zero-order chi connectivity index (χ0) is 13.9. The van der Waals surface area contributed by atoms with Crippen LogP contribution < -0.4 is 4.90 Å². The molecule has 0 saturated carbocycles. The molecule has 100 valence electrons. The highest BCUT2D eigenvalue weighted by atomic mass is 35.5. The van der Waals surface area contributed by atoms with Gasteiger partial charge >= 0.3 is 5.97 Å². The summed E-state index contributed by atoms with van der Waals surface area (Å²) in [6.07, 6.45) is 0.962.